The molecule has 1 fully saturated rings. The first kappa shape index (κ1) is 20.7. The second-order valence-corrected chi connectivity index (χ2v) is 9.61. The number of carboxylic acids is 1. The lowest BCUT2D eigenvalue weighted by molar-refractivity contribution is 0.0702. The van der Waals surface area contributed by atoms with Crippen LogP contribution < -0.4 is 4.74 Å². The SMILES string of the molecule is O=C(O)c1ccc(COC[C@H]2C(Br)CC(=S)[C@@H]2COc2ccc(Cl)cc2)s1. The highest BCUT2D eigenvalue weighted by molar-refractivity contribution is 9.09. The van der Waals surface area contributed by atoms with Gasteiger partial charge in [0.1, 0.15) is 10.6 Å². The van der Waals surface area contributed by atoms with Crippen molar-refractivity contribution in [1.29, 1.82) is 0 Å². The van der Waals surface area contributed by atoms with Crippen LogP contribution in [0.1, 0.15) is 21.0 Å². The van der Waals surface area contributed by atoms with Crippen LogP contribution >= 0.6 is 51.1 Å². The molecule has 0 amide bonds. The van der Waals surface area contributed by atoms with Gasteiger partial charge in [-0.15, -0.1) is 11.3 Å². The molecule has 144 valence electrons. The third kappa shape index (κ3) is 5.51. The molecule has 0 spiro atoms. The highest BCUT2D eigenvalue weighted by Crippen LogP contribution is 2.36. The number of thiophene rings is 1. The zero-order chi connectivity index (χ0) is 19.4. The number of benzene rings is 1. The summed E-state index contributed by atoms with van der Waals surface area (Å²) in [4.78, 5) is 13.4. The Morgan fingerprint density at radius 1 is 1.26 bits per heavy atom. The summed E-state index contributed by atoms with van der Waals surface area (Å²) in [5, 5.41) is 9.66. The minimum Gasteiger partial charge on any atom is -0.493 e. The fraction of sp³-hybridized carbons (Fsp3) is 0.368. The molecule has 1 heterocycles. The Morgan fingerprint density at radius 2 is 2.00 bits per heavy atom. The summed E-state index contributed by atoms with van der Waals surface area (Å²) in [6, 6.07) is 10.7. The molecule has 2 aromatic rings. The van der Waals surface area contributed by atoms with Gasteiger partial charge in [-0.25, -0.2) is 4.79 Å². The number of ether oxygens (including phenoxy) is 2. The highest BCUT2D eigenvalue weighted by Gasteiger charge is 2.39. The van der Waals surface area contributed by atoms with Gasteiger partial charge in [-0.1, -0.05) is 39.7 Å². The Kier molecular flexibility index (Phi) is 7.28. The van der Waals surface area contributed by atoms with Crippen molar-refractivity contribution in [2.75, 3.05) is 13.2 Å². The Bertz CT molecular complexity index is 808. The van der Waals surface area contributed by atoms with Gasteiger partial charge in [0.25, 0.3) is 0 Å². The first-order chi connectivity index (χ1) is 12.9. The van der Waals surface area contributed by atoms with Crippen LogP contribution in [0.15, 0.2) is 36.4 Å². The summed E-state index contributed by atoms with van der Waals surface area (Å²) in [6.45, 7) is 1.43. The van der Waals surface area contributed by atoms with E-state index in [-0.39, 0.29) is 16.7 Å². The molecule has 1 aliphatic carbocycles. The van der Waals surface area contributed by atoms with Crippen LogP contribution in [0.5, 0.6) is 5.75 Å². The number of aromatic carboxylic acids is 1. The summed E-state index contributed by atoms with van der Waals surface area (Å²) >= 11 is 16.4. The van der Waals surface area contributed by atoms with Crippen molar-refractivity contribution >= 4 is 61.9 Å². The number of carboxylic acid groups (broad SMARTS) is 1. The summed E-state index contributed by atoms with van der Waals surface area (Å²) in [7, 11) is 0. The molecule has 1 aromatic carbocycles. The van der Waals surface area contributed by atoms with Gasteiger partial charge in [-0.3, -0.25) is 0 Å². The van der Waals surface area contributed by atoms with E-state index < -0.39 is 5.97 Å². The van der Waals surface area contributed by atoms with Crippen LogP contribution in [0.25, 0.3) is 0 Å². The van der Waals surface area contributed by atoms with Crippen molar-refractivity contribution < 1.29 is 19.4 Å². The lowest BCUT2D eigenvalue weighted by Gasteiger charge is -2.22. The first-order valence-electron chi connectivity index (χ1n) is 8.39. The zero-order valence-electron chi connectivity index (χ0n) is 14.3. The quantitative estimate of drug-likeness (QED) is 0.394. The monoisotopic (exact) mass is 488 g/mol. The van der Waals surface area contributed by atoms with E-state index in [9.17, 15) is 4.79 Å². The van der Waals surface area contributed by atoms with Crippen molar-refractivity contribution in [2.24, 2.45) is 11.8 Å². The third-order valence-corrected chi connectivity index (χ3v) is 7.23. The highest BCUT2D eigenvalue weighted by atomic mass is 79.9. The van der Waals surface area contributed by atoms with Crippen LogP contribution in [-0.2, 0) is 11.3 Å². The van der Waals surface area contributed by atoms with Crippen molar-refractivity contribution in [3.8, 4) is 5.75 Å². The molecule has 1 aliphatic rings. The van der Waals surface area contributed by atoms with E-state index in [2.05, 4.69) is 15.9 Å². The summed E-state index contributed by atoms with van der Waals surface area (Å²) in [6.07, 6.45) is 0.820. The number of thiocarbonyl (C=S) groups is 1. The fourth-order valence-corrected chi connectivity index (χ4v) is 5.42. The van der Waals surface area contributed by atoms with Gasteiger partial charge in [-0.2, -0.15) is 0 Å². The van der Waals surface area contributed by atoms with E-state index in [0.717, 1.165) is 21.9 Å². The van der Waals surface area contributed by atoms with E-state index in [1.54, 1.807) is 24.3 Å². The Labute approximate surface area is 180 Å². The summed E-state index contributed by atoms with van der Waals surface area (Å²) < 4.78 is 11.8. The van der Waals surface area contributed by atoms with E-state index in [0.29, 0.717) is 29.7 Å². The van der Waals surface area contributed by atoms with E-state index in [4.69, 9.17) is 38.4 Å². The molecule has 3 atom stereocenters. The van der Waals surface area contributed by atoms with E-state index in [1.165, 1.54) is 11.3 Å². The Balaban J connectivity index is 1.54. The minimum atomic E-state index is -0.910. The van der Waals surface area contributed by atoms with Crippen LogP contribution in [0, 0.1) is 11.8 Å². The smallest absolute Gasteiger partial charge is 0.345 e. The predicted molar refractivity (Wildman–Crippen MR) is 115 cm³/mol. The number of rotatable bonds is 8. The Hall–Kier alpha value is -0.990. The summed E-state index contributed by atoms with van der Waals surface area (Å²) in [5.41, 5.74) is 0. The van der Waals surface area contributed by atoms with Crippen LogP contribution in [0.4, 0.5) is 0 Å². The molecule has 0 aliphatic heterocycles. The van der Waals surface area contributed by atoms with Crippen LogP contribution in [0.2, 0.25) is 5.02 Å². The maximum absolute atomic E-state index is 11.0. The Morgan fingerprint density at radius 3 is 2.67 bits per heavy atom. The van der Waals surface area contributed by atoms with Gasteiger partial charge in [0.15, 0.2) is 0 Å². The van der Waals surface area contributed by atoms with Gasteiger partial charge < -0.3 is 14.6 Å². The molecule has 1 aromatic heterocycles. The fourth-order valence-electron chi connectivity index (χ4n) is 3.01. The van der Waals surface area contributed by atoms with Gasteiger partial charge >= 0.3 is 5.97 Å². The molecule has 3 rings (SSSR count). The normalized spacial score (nSPS) is 22.1. The maximum atomic E-state index is 11.0. The molecule has 4 nitrogen and oxygen atoms in total. The standard InChI is InChI=1S/C19H18BrClO4S2/c20-16-7-17(26)15(10-25-12-3-1-11(21)2-4-12)14(16)9-24-8-13-5-6-18(27-13)19(22)23/h1-6,14-16H,7-10H2,(H,22,23)/t14-,15-,16?/m1/s1. The van der Waals surface area contributed by atoms with Gasteiger partial charge in [0.05, 0.1) is 19.8 Å². The largest absolute Gasteiger partial charge is 0.493 e. The number of hydrogen-bond acceptors (Lipinski definition) is 5. The molecule has 0 radical (unpaired) electrons. The molecule has 0 saturated heterocycles. The van der Waals surface area contributed by atoms with Crippen molar-refractivity contribution in [1.82, 2.24) is 0 Å². The van der Waals surface area contributed by atoms with Crippen LogP contribution in [-0.4, -0.2) is 34.0 Å². The van der Waals surface area contributed by atoms with E-state index >= 15 is 0 Å². The number of halogens is 2. The predicted octanol–water partition coefficient (Wildman–Crippen LogP) is 5.46. The van der Waals surface area contributed by atoms with Gasteiger partial charge in [-0.05, 0) is 42.8 Å². The maximum Gasteiger partial charge on any atom is 0.345 e. The summed E-state index contributed by atoms with van der Waals surface area (Å²) in [5.74, 6) is 0.189. The molecule has 0 bridgehead atoms. The lowest BCUT2D eigenvalue weighted by Crippen LogP contribution is -2.27. The number of alkyl halides is 1. The molecular formula is C19H18BrClO4S2. The average Bonchev–Trinajstić information content (AvgIpc) is 3.20. The van der Waals surface area contributed by atoms with Crippen molar-refractivity contribution in [2.45, 2.75) is 17.9 Å². The van der Waals surface area contributed by atoms with Crippen LogP contribution in [0.3, 0.4) is 0 Å². The minimum absolute atomic E-state index is 0.123. The molecule has 1 saturated carbocycles. The third-order valence-electron chi connectivity index (χ3n) is 4.46. The number of carbonyl (C=O) groups is 1. The van der Waals surface area contributed by atoms with Crippen molar-refractivity contribution in [3.05, 3.63) is 51.2 Å². The van der Waals surface area contributed by atoms with Gasteiger partial charge in [0.2, 0.25) is 0 Å². The first-order valence-corrected chi connectivity index (χ1v) is 10.9. The molecule has 27 heavy (non-hydrogen) atoms. The lowest BCUT2D eigenvalue weighted by atomic mass is 9.98. The van der Waals surface area contributed by atoms with E-state index in [1.807, 2.05) is 12.1 Å². The zero-order valence-corrected chi connectivity index (χ0v) is 18.2. The molecule has 1 N–H and O–H groups in total. The van der Waals surface area contributed by atoms with Crippen molar-refractivity contribution in [3.63, 3.8) is 0 Å². The molecular weight excluding hydrogens is 472 g/mol. The average molecular weight is 490 g/mol. The molecule has 1 unspecified atom stereocenters. The second kappa shape index (κ2) is 9.47. The molecule has 8 heteroatoms. The number of hydrogen-bond donors (Lipinski definition) is 1. The van der Waals surface area contributed by atoms with Gasteiger partial charge in [0, 0.05) is 31.4 Å². The second-order valence-electron chi connectivity index (χ2n) is 6.31. The topological polar surface area (TPSA) is 55.8 Å².